The molecule has 2 aliphatic heterocycles. The first-order valence-electron chi connectivity index (χ1n) is 15.9. The lowest BCUT2D eigenvalue weighted by atomic mass is 9.80. The molecule has 2 aliphatic rings. The maximum absolute atomic E-state index is 13.9. The molecule has 0 saturated carbocycles. The van der Waals surface area contributed by atoms with Crippen LogP contribution in [0.4, 0.5) is 0 Å². The standard InChI is InChI=1S/C31H50N6O12/c1-14(2)25(24(41)21-23(40)15(3)36(11)29(21)43)49-30(44)31(7,8)26(48-18(6)38)20(12-19(39)13-37(46)34-45)32-27(42)22-17(5)47-28(33-22)16(4)35(9)10/h14-17,19-20,22,25-26,39-40,46H,12-13H2,1-11H3,(H,32,42)/t15-,16-,17+,19+,20-,22-,25-,26-/m0/s1. The van der Waals surface area contributed by atoms with Crippen molar-refractivity contribution in [2.45, 2.75) is 110 Å². The third-order valence-corrected chi connectivity index (χ3v) is 8.75. The van der Waals surface area contributed by atoms with Gasteiger partial charge in [0.1, 0.15) is 29.0 Å². The zero-order chi connectivity index (χ0) is 37.7. The molecule has 4 N–H and O–H groups in total. The van der Waals surface area contributed by atoms with E-state index in [9.17, 15) is 44.3 Å². The second kappa shape index (κ2) is 16.5. The molecular weight excluding hydrogens is 648 g/mol. The van der Waals surface area contributed by atoms with Gasteiger partial charge >= 0.3 is 11.9 Å². The maximum Gasteiger partial charge on any atom is 0.316 e. The van der Waals surface area contributed by atoms with Crippen molar-refractivity contribution in [2.75, 3.05) is 27.7 Å². The molecule has 2 rings (SSSR count). The highest BCUT2D eigenvalue weighted by Crippen LogP contribution is 2.33. The minimum atomic E-state index is -1.86. The number of rotatable bonds is 17. The van der Waals surface area contributed by atoms with E-state index in [2.05, 4.69) is 15.6 Å². The van der Waals surface area contributed by atoms with Gasteiger partial charge in [-0.15, -0.1) is 10.1 Å². The van der Waals surface area contributed by atoms with Crippen LogP contribution < -0.4 is 5.32 Å². The number of nitrogens with one attached hydrogen (secondary N) is 1. The van der Waals surface area contributed by atoms with Gasteiger partial charge in [-0.3, -0.25) is 34.1 Å². The second-order valence-electron chi connectivity index (χ2n) is 13.6. The Bertz CT molecular complexity index is 1350. The van der Waals surface area contributed by atoms with Crippen molar-refractivity contribution in [3.63, 3.8) is 0 Å². The first-order valence-corrected chi connectivity index (χ1v) is 15.9. The largest absolute Gasteiger partial charge is 0.509 e. The predicted molar refractivity (Wildman–Crippen MR) is 173 cm³/mol. The summed E-state index contributed by atoms with van der Waals surface area (Å²) in [6.07, 6.45) is -5.89. The van der Waals surface area contributed by atoms with Crippen molar-refractivity contribution in [1.29, 1.82) is 0 Å². The fraction of sp³-hybridized carbons (Fsp3) is 0.742. The molecule has 0 spiro atoms. The molecule has 0 unspecified atom stereocenters. The monoisotopic (exact) mass is 698 g/mol. The highest BCUT2D eigenvalue weighted by molar-refractivity contribution is 6.23. The molecule has 2 heterocycles. The van der Waals surface area contributed by atoms with Crippen LogP contribution in [0.25, 0.3) is 0 Å². The third-order valence-electron chi connectivity index (χ3n) is 8.75. The van der Waals surface area contributed by atoms with Crippen molar-refractivity contribution in [3.05, 3.63) is 16.2 Å². The van der Waals surface area contributed by atoms with Gasteiger partial charge in [-0.2, -0.15) is 0 Å². The minimum Gasteiger partial charge on any atom is -0.509 e. The van der Waals surface area contributed by atoms with Gasteiger partial charge in [0, 0.05) is 14.0 Å². The first kappa shape index (κ1) is 41.0. The Morgan fingerprint density at radius 2 is 1.73 bits per heavy atom. The van der Waals surface area contributed by atoms with Crippen molar-refractivity contribution < 1.29 is 53.6 Å². The summed E-state index contributed by atoms with van der Waals surface area (Å²) >= 11 is 0. The summed E-state index contributed by atoms with van der Waals surface area (Å²) in [6.45, 7) is 11.1. The van der Waals surface area contributed by atoms with Crippen LogP contribution in [0.15, 0.2) is 21.6 Å². The zero-order valence-electron chi connectivity index (χ0n) is 29.9. The number of nitrogens with zero attached hydrogens (tertiary/aromatic N) is 5. The molecule has 18 nitrogen and oxygen atoms in total. The van der Waals surface area contributed by atoms with Gasteiger partial charge in [0.15, 0.2) is 12.1 Å². The molecule has 49 heavy (non-hydrogen) atoms. The van der Waals surface area contributed by atoms with Crippen LogP contribution in [0, 0.1) is 16.2 Å². The number of esters is 2. The molecule has 18 heteroatoms. The van der Waals surface area contributed by atoms with Crippen LogP contribution in [-0.2, 0) is 38.2 Å². The number of hydrogen-bond acceptors (Lipinski definition) is 15. The predicted octanol–water partition coefficient (Wildman–Crippen LogP) is 0.498. The molecule has 0 aromatic rings. The quantitative estimate of drug-likeness (QED) is 0.0701. The van der Waals surface area contributed by atoms with Crippen LogP contribution in [-0.4, -0.2) is 142 Å². The number of Topliss-reactive ketones (excluding diaryl/α,β-unsaturated/α-hetero) is 1. The van der Waals surface area contributed by atoms with E-state index in [1.165, 1.54) is 32.7 Å². The Labute approximate surface area is 285 Å². The number of ketones is 1. The molecule has 0 radical (unpaired) electrons. The fourth-order valence-corrected chi connectivity index (χ4v) is 5.36. The molecular formula is C31H50N6O12. The number of amides is 2. The third kappa shape index (κ3) is 9.51. The van der Waals surface area contributed by atoms with E-state index in [1.54, 1.807) is 34.9 Å². The highest BCUT2D eigenvalue weighted by Gasteiger charge is 2.50. The number of nitroso groups, excluding NO2 is 1. The van der Waals surface area contributed by atoms with Crippen LogP contribution in [0.3, 0.4) is 0 Å². The van der Waals surface area contributed by atoms with E-state index >= 15 is 0 Å². The van der Waals surface area contributed by atoms with Crippen molar-refractivity contribution >= 4 is 35.4 Å². The normalized spacial score (nSPS) is 22.6. The van der Waals surface area contributed by atoms with Crippen molar-refractivity contribution in [3.8, 4) is 0 Å². The minimum absolute atomic E-state index is 0.0680. The number of aliphatic hydroxyl groups is 2. The van der Waals surface area contributed by atoms with Crippen molar-refractivity contribution in [2.24, 2.45) is 21.6 Å². The number of aliphatic hydroxyl groups excluding tert-OH is 2. The van der Waals surface area contributed by atoms with E-state index in [1.807, 2.05) is 11.8 Å². The lowest BCUT2D eigenvalue weighted by Crippen LogP contribution is -2.58. The molecule has 0 aliphatic carbocycles. The van der Waals surface area contributed by atoms with E-state index in [4.69, 9.17) is 14.2 Å². The van der Waals surface area contributed by atoms with Crippen LogP contribution in [0.2, 0.25) is 0 Å². The smallest absolute Gasteiger partial charge is 0.316 e. The lowest BCUT2D eigenvalue weighted by Gasteiger charge is -2.39. The summed E-state index contributed by atoms with van der Waals surface area (Å²) in [6, 6.07) is -3.51. The zero-order valence-corrected chi connectivity index (χ0v) is 29.9. The lowest BCUT2D eigenvalue weighted by molar-refractivity contribution is -0.180. The summed E-state index contributed by atoms with van der Waals surface area (Å²) < 4.78 is 17.1. The van der Waals surface area contributed by atoms with Gasteiger partial charge in [-0.05, 0) is 61.1 Å². The Morgan fingerprint density at radius 3 is 2.20 bits per heavy atom. The Kier molecular flexibility index (Phi) is 13.8. The van der Waals surface area contributed by atoms with E-state index in [-0.39, 0.29) is 11.2 Å². The number of aliphatic imine (C=N–C) groups is 1. The summed E-state index contributed by atoms with van der Waals surface area (Å²) in [4.78, 5) is 84.6. The number of carbonyl (C=O) groups is 5. The van der Waals surface area contributed by atoms with Gasteiger partial charge < -0.3 is 34.6 Å². The average molecular weight is 699 g/mol. The van der Waals surface area contributed by atoms with Crippen LogP contribution in [0.5, 0.6) is 0 Å². The molecule has 0 fully saturated rings. The van der Waals surface area contributed by atoms with Crippen LogP contribution in [0.1, 0.15) is 61.8 Å². The van der Waals surface area contributed by atoms with E-state index in [0.29, 0.717) is 5.90 Å². The van der Waals surface area contributed by atoms with Crippen LogP contribution >= 0.6 is 0 Å². The molecule has 0 bridgehead atoms. The van der Waals surface area contributed by atoms with Crippen molar-refractivity contribution in [1.82, 2.24) is 20.3 Å². The highest BCUT2D eigenvalue weighted by atomic mass is 16.6. The molecule has 0 aromatic carbocycles. The number of likely N-dealkylation sites (N-methyl/N-ethyl adjacent to an activating group) is 2. The van der Waals surface area contributed by atoms with Gasteiger partial charge in [0.25, 0.3) is 5.91 Å². The van der Waals surface area contributed by atoms with Gasteiger partial charge in [-0.25, -0.2) is 4.99 Å². The first-order chi connectivity index (χ1) is 22.6. The topological polar surface area (TPSA) is 237 Å². The summed E-state index contributed by atoms with van der Waals surface area (Å²) in [5.74, 6) is -5.19. The molecule has 0 saturated heterocycles. The number of hydrogen-bond donors (Lipinski definition) is 4. The summed E-state index contributed by atoms with van der Waals surface area (Å²) in [7, 11) is 5.01. The molecule has 8 atom stereocenters. The summed E-state index contributed by atoms with van der Waals surface area (Å²) in [5, 5.41) is 35.8. The Hall–Kier alpha value is -4.16. The SMILES string of the molecule is CC(=O)O[C@@H]([C@H](C[C@@H](O)CN(O)N=O)NC(=O)[C@H]1N=C([C@H](C)N(C)C)O[C@@H]1C)C(C)(C)C(=O)O[C@H](C(=O)C1=C(O)[C@H](C)N(C)C1=O)C(C)C. The Balaban J connectivity index is 2.52. The summed E-state index contributed by atoms with van der Waals surface area (Å²) in [5.41, 5.74) is -2.37. The average Bonchev–Trinajstić information content (AvgIpc) is 3.49. The maximum atomic E-state index is 13.9. The fourth-order valence-electron chi connectivity index (χ4n) is 5.36. The van der Waals surface area contributed by atoms with Gasteiger partial charge in [-0.1, -0.05) is 13.8 Å². The number of hydroxylamine groups is 1. The molecule has 0 aromatic heterocycles. The second-order valence-corrected chi connectivity index (χ2v) is 13.6. The number of carbonyl (C=O) groups excluding carboxylic acids is 5. The molecule has 2 amide bonds. The molecule has 276 valence electrons. The van der Waals surface area contributed by atoms with Gasteiger partial charge in [0.05, 0.1) is 36.1 Å². The van der Waals surface area contributed by atoms with E-state index in [0.717, 1.165) is 6.92 Å². The van der Waals surface area contributed by atoms with E-state index < -0.39 is 108 Å². The Morgan fingerprint density at radius 1 is 1.14 bits per heavy atom. The number of ether oxygens (including phenoxy) is 3. The van der Waals surface area contributed by atoms with Gasteiger partial charge in [0.2, 0.25) is 17.6 Å².